The van der Waals surface area contributed by atoms with Crippen LogP contribution in [0.15, 0.2) is 100.0 Å². The second kappa shape index (κ2) is 8.37. The van der Waals surface area contributed by atoms with Crippen molar-refractivity contribution in [2.75, 3.05) is 0 Å². The number of phenols is 1. The van der Waals surface area contributed by atoms with Crippen LogP contribution in [0.3, 0.4) is 0 Å². The Balaban J connectivity index is 0.00000225. The highest BCUT2D eigenvalue weighted by atomic mass is 35.5. The molecule has 4 rings (SSSR count). The largest absolute Gasteiger partial charge is 0.506 e. The van der Waals surface area contributed by atoms with Crippen molar-refractivity contribution in [1.82, 2.24) is 9.78 Å². The molecule has 0 saturated heterocycles. The van der Waals surface area contributed by atoms with Gasteiger partial charge in [-0.15, -0.1) is 22.6 Å². The Morgan fingerprint density at radius 3 is 2.07 bits per heavy atom. The number of phenolic OH excluding ortho intramolecular Hbond substituents is 1. The first kappa shape index (κ1) is 19.1. The molecule has 0 spiro atoms. The third-order valence-electron chi connectivity index (χ3n) is 4.08. The lowest BCUT2D eigenvalue weighted by Crippen LogP contribution is -2.13. The molecule has 1 aromatic heterocycles. The van der Waals surface area contributed by atoms with Crippen LogP contribution in [0.1, 0.15) is 0 Å². The quantitative estimate of drug-likeness (QED) is 0.457. The maximum atomic E-state index is 13.0. The number of rotatable bonds is 4. The smallest absolute Gasteiger partial charge is 0.299 e. The summed E-state index contributed by atoms with van der Waals surface area (Å²) in [5, 5.41) is 21.2. The Hall–Kier alpha value is -3.64. The highest BCUT2D eigenvalue weighted by Gasteiger charge is 2.16. The average molecular weight is 393 g/mol. The molecule has 0 aliphatic carbocycles. The van der Waals surface area contributed by atoms with Gasteiger partial charge >= 0.3 is 0 Å². The van der Waals surface area contributed by atoms with Gasteiger partial charge in [-0.05, 0) is 24.3 Å². The summed E-state index contributed by atoms with van der Waals surface area (Å²) in [5.41, 5.74) is 2.22. The molecule has 0 fully saturated rings. The minimum Gasteiger partial charge on any atom is -0.506 e. The van der Waals surface area contributed by atoms with E-state index >= 15 is 0 Å². The Morgan fingerprint density at radius 2 is 1.39 bits per heavy atom. The molecule has 0 aliphatic heterocycles. The number of hydrogen-bond donors (Lipinski definition) is 2. The number of aromatic nitrogens is 2. The topological polar surface area (TPSA) is 82.7 Å². The maximum Gasteiger partial charge on any atom is 0.299 e. The molecule has 140 valence electrons. The van der Waals surface area contributed by atoms with Crippen molar-refractivity contribution < 1.29 is 5.11 Å². The fraction of sp³-hybridized carbons (Fsp3) is 0. The summed E-state index contributed by atoms with van der Waals surface area (Å²) in [7, 11) is 0. The number of benzene rings is 3. The van der Waals surface area contributed by atoms with E-state index in [4.69, 9.17) is 0 Å². The zero-order chi connectivity index (χ0) is 18.6. The predicted octanol–water partition coefficient (Wildman–Crippen LogP) is 5.38. The summed E-state index contributed by atoms with van der Waals surface area (Å²) in [6.07, 6.45) is 0. The van der Waals surface area contributed by atoms with E-state index in [-0.39, 0.29) is 29.4 Å². The summed E-state index contributed by atoms with van der Waals surface area (Å²) in [6.45, 7) is 0. The van der Waals surface area contributed by atoms with Gasteiger partial charge in [0.1, 0.15) is 11.4 Å². The number of azo groups is 1. The Kier molecular flexibility index (Phi) is 5.72. The number of nitrogens with one attached hydrogen (secondary N) is 1. The van der Waals surface area contributed by atoms with Gasteiger partial charge in [0, 0.05) is 5.56 Å². The first-order valence-corrected chi connectivity index (χ1v) is 8.39. The van der Waals surface area contributed by atoms with Crippen molar-refractivity contribution in [2.24, 2.45) is 10.2 Å². The van der Waals surface area contributed by atoms with E-state index in [0.717, 1.165) is 5.56 Å². The zero-order valence-electron chi connectivity index (χ0n) is 14.7. The minimum atomic E-state index is -0.320. The van der Waals surface area contributed by atoms with E-state index in [1.54, 1.807) is 18.2 Å². The van der Waals surface area contributed by atoms with Gasteiger partial charge in [-0.3, -0.25) is 9.89 Å². The standard InChI is InChI=1S/C21H16N4O2.ClH/c26-18-14-8-7-13-17(18)22-23-20-19(15-9-3-1-4-10-15)24-25(21(20)27)16-11-5-2-6-12-16;/h1-14,24,26H;1H. The van der Waals surface area contributed by atoms with Crippen molar-refractivity contribution in [1.29, 1.82) is 0 Å². The van der Waals surface area contributed by atoms with Crippen LogP contribution in [-0.2, 0) is 0 Å². The summed E-state index contributed by atoms with van der Waals surface area (Å²) in [5.74, 6) is 0.00133. The molecule has 0 aliphatic rings. The van der Waals surface area contributed by atoms with Crippen molar-refractivity contribution in [3.63, 3.8) is 0 Å². The number of aromatic amines is 1. The first-order chi connectivity index (χ1) is 13.2. The Labute approximate surface area is 167 Å². The molecule has 3 aromatic carbocycles. The second-order valence-corrected chi connectivity index (χ2v) is 5.87. The van der Waals surface area contributed by atoms with Gasteiger partial charge in [-0.1, -0.05) is 60.7 Å². The van der Waals surface area contributed by atoms with Crippen molar-refractivity contribution in [2.45, 2.75) is 0 Å². The molecule has 0 amide bonds. The van der Waals surface area contributed by atoms with E-state index in [9.17, 15) is 9.90 Å². The second-order valence-electron chi connectivity index (χ2n) is 5.87. The molecule has 6 nitrogen and oxygen atoms in total. The van der Waals surface area contributed by atoms with E-state index in [1.165, 1.54) is 10.7 Å². The van der Waals surface area contributed by atoms with Crippen LogP contribution in [0, 0.1) is 0 Å². The summed E-state index contributed by atoms with van der Waals surface area (Å²) >= 11 is 0. The lowest BCUT2D eigenvalue weighted by molar-refractivity contribution is 0.476. The molecule has 0 bridgehead atoms. The number of halogens is 1. The lowest BCUT2D eigenvalue weighted by atomic mass is 10.1. The number of nitrogens with zero attached hydrogens (tertiary/aromatic N) is 3. The van der Waals surface area contributed by atoms with Crippen LogP contribution in [0.5, 0.6) is 5.75 Å². The maximum absolute atomic E-state index is 13.0. The van der Waals surface area contributed by atoms with Crippen LogP contribution in [0.25, 0.3) is 16.9 Å². The SMILES string of the molecule is Cl.O=c1c(N=Nc2ccccc2O)c(-c2ccccc2)[nH]n1-c1ccccc1. The van der Waals surface area contributed by atoms with Crippen LogP contribution in [-0.4, -0.2) is 14.9 Å². The third kappa shape index (κ3) is 3.72. The van der Waals surface area contributed by atoms with Gasteiger partial charge in [-0.25, -0.2) is 4.68 Å². The van der Waals surface area contributed by atoms with Gasteiger partial charge in [0.15, 0.2) is 5.69 Å². The normalized spacial score (nSPS) is 10.7. The highest BCUT2D eigenvalue weighted by molar-refractivity contribution is 5.85. The third-order valence-corrected chi connectivity index (χ3v) is 4.08. The van der Waals surface area contributed by atoms with E-state index in [1.807, 2.05) is 60.7 Å². The molecule has 4 aromatic rings. The molecular weight excluding hydrogens is 376 g/mol. The lowest BCUT2D eigenvalue weighted by Gasteiger charge is -2.01. The fourth-order valence-electron chi connectivity index (χ4n) is 2.74. The monoisotopic (exact) mass is 392 g/mol. The van der Waals surface area contributed by atoms with Crippen molar-refractivity contribution >= 4 is 23.8 Å². The van der Waals surface area contributed by atoms with Gasteiger partial charge in [0.25, 0.3) is 5.56 Å². The van der Waals surface area contributed by atoms with Gasteiger partial charge < -0.3 is 5.11 Å². The molecule has 1 heterocycles. The van der Waals surface area contributed by atoms with Crippen LogP contribution < -0.4 is 5.56 Å². The number of H-pyrrole nitrogens is 1. The summed E-state index contributed by atoms with van der Waals surface area (Å²) in [6, 6.07) is 25.3. The van der Waals surface area contributed by atoms with Crippen molar-refractivity contribution in [3.05, 3.63) is 95.3 Å². The zero-order valence-corrected chi connectivity index (χ0v) is 15.5. The Bertz CT molecular complexity index is 1150. The first-order valence-electron chi connectivity index (χ1n) is 8.39. The molecule has 0 unspecified atom stereocenters. The van der Waals surface area contributed by atoms with Crippen LogP contribution in [0.4, 0.5) is 11.4 Å². The summed E-state index contributed by atoms with van der Waals surface area (Å²) < 4.78 is 1.43. The van der Waals surface area contributed by atoms with Gasteiger partial charge in [0.2, 0.25) is 0 Å². The van der Waals surface area contributed by atoms with E-state index in [2.05, 4.69) is 15.3 Å². The number of aromatic hydroxyl groups is 1. The van der Waals surface area contributed by atoms with Gasteiger partial charge in [0.05, 0.1) is 11.4 Å². The van der Waals surface area contributed by atoms with Crippen LogP contribution >= 0.6 is 12.4 Å². The highest BCUT2D eigenvalue weighted by Crippen LogP contribution is 2.30. The van der Waals surface area contributed by atoms with E-state index < -0.39 is 0 Å². The molecule has 28 heavy (non-hydrogen) atoms. The van der Waals surface area contributed by atoms with Gasteiger partial charge in [-0.2, -0.15) is 0 Å². The average Bonchev–Trinajstić information content (AvgIpc) is 3.05. The van der Waals surface area contributed by atoms with Crippen molar-refractivity contribution in [3.8, 4) is 22.7 Å². The molecule has 0 radical (unpaired) electrons. The molecule has 7 heteroatoms. The molecule has 2 N–H and O–H groups in total. The number of hydrogen-bond acceptors (Lipinski definition) is 4. The predicted molar refractivity (Wildman–Crippen MR) is 111 cm³/mol. The number of para-hydroxylation sites is 2. The summed E-state index contributed by atoms with van der Waals surface area (Å²) in [4.78, 5) is 13.0. The van der Waals surface area contributed by atoms with Crippen LogP contribution in [0.2, 0.25) is 0 Å². The Morgan fingerprint density at radius 1 is 0.786 bits per heavy atom. The van der Waals surface area contributed by atoms with E-state index in [0.29, 0.717) is 17.1 Å². The molecule has 0 atom stereocenters. The molecule has 0 saturated carbocycles. The minimum absolute atomic E-state index is 0. The molecular formula is C21H17ClN4O2. The fourth-order valence-corrected chi connectivity index (χ4v) is 2.74.